The van der Waals surface area contributed by atoms with Crippen LogP contribution in [0.3, 0.4) is 0 Å². The first kappa shape index (κ1) is 14.7. The zero-order valence-electron chi connectivity index (χ0n) is 10.3. The summed E-state index contributed by atoms with van der Waals surface area (Å²) >= 11 is 6.89. The largest absolute Gasteiger partial charge is 0.465 e. The van der Waals surface area contributed by atoms with Crippen LogP contribution in [0.25, 0.3) is 0 Å². The van der Waals surface area contributed by atoms with Gasteiger partial charge in [0.1, 0.15) is 0 Å². The Morgan fingerprint density at radius 3 is 2.72 bits per heavy atom. The minimum absolute atomic E-state index is 0.0124. The van der Waals surface area contributed by atoms with E-state index in [2.05, 4.69) is 15.0 Å². The summed E-state index contributed by atoms with van der Waals surface area (Å²) in [6.45, 7) is 0.432. The summed E-state index contributed by atoms with van der Waals surface area (Å²) in [5, 5.41) is 3.54. The lowest BCUT2D eigenvalue weighted by atomic mass is 10.4. The average molecular weight is 292 g/mol. The van der Waals surface area contributed by atoms with E-state index in [1.165, 1.54) is 12.0 Å². The number of anilines is 1. The molecule has 0 saturated carbocycles. The number of carbonyl (C=O) groups excluding carboxylic acids is 2. The van der Waals surface area contributed by atoms with Gasteiger partial charge in [-0.05, 0) is 0 Å². The number of hydrogen-bond acceptors (Lipinski definition) is 6. The highest BCUT2D eigenvalue weighted by atomic mass is 35.5. The Hall–Kier alpha value is -1.34. The first-order valence-electron chi connectivity index (χ1n) is 5.14. The number of halogens is 1. The minimum atomic E-state index is -0.519. The maximum absolute atomic E-state index is 11.3. The number of nitrogens with one attached hydrogen (secondary N) is 1. The van der Waals surface area contributed by atoms with E-state index in [0.717, 1.165) is 11.3 Å². The molecule has 1 aromatic rings. The van der Waals surface area contributed by atoms with Gasteiger partial charge in [0.25, 0.3) is 0 Å². The number of aromatic nitrogens is 1. The van der Waals surface area contributed by atoms with Crippen molar-refractivity contribution < 1.29 is 14.3 Å². The van der Waals surface area contributed by atoms with Gasteiger partial charge in [-0.15, -0.1) is 0 Å². The van der Waals surface area contributed by atoms with E-state index in [0.29, 0.717) is 18.1 Å². The normalized spacial score (nSPS) is 10.0. The lowest BCUT2D eigenvalue weighted by Crippen LogP contribution is -2.23. The van der Waals surface area contributed by atoms with Crippen LogP contribution in [0.1, 0.15) is 16.1 Å². The van der Waals surface area contributed by atoms with Crippen molar-refractivity contribution >= 4 is 39.9 Å². The van der Waals surface area contributed by atoms with E-state index < -0.39 is 5.97 Å². The molecule has 1 N–H and O–H groups in total. The van der Waals surface area contributed by atoms with Gasteiger partial charge in [0.15, 0.2) is 15.2 Å². The second-order valence-electron chi connectivity index (χ2n) is 3.60. The molecule has 0 radical (unpaired) electrons. The Balaban J connectivity index is 2.54. The Labute approximate surface area is 114 Å². The third-order valence-electron chi connectivity index (χ3n) is 2.07. The molecule has 0 bridgehead atoms. The highest BCUT2D eigenvalue weighted by Gasteiger charge is 2.17. The number of methoxy groups -OCH3 is 1. The first-order chi connectivity index (χ1) is 8.45. The van der Waals surface area contributed by atoms with Crippen molar-refractivity contribution in [3.63, 3.8) is 0 Å². The summed E-state index contributed by atoms with van der Waals surface area (Å²) < 4.78 is 4.56. The maximum atomic E-state index is 11.3. The minimum Gasteiger partial charge on any atom is -0.465 e. The molecule has 0 fully saturated rings. The highest BCUT2D eigenvalue weighted by Crippen LogP contribution is 2.27. The summed E-state index contributed by atoms with van der Waals surface area (Å²) in [5.74, 6) is -0.506. The smallest absolute Gasteiger partial charge is 0.351 e. The number of esters is 1. The van der Waals surface area contributed by atoms with Crippen molar-refractivity contribution in [1.29, 1.82) is 0 Å². The van der Waals surface area contributed by atoms with E-state index in [4.69, 9.17) is 11.6 Å². The fourth-order valence-electron chi connectivity index (χ4n) is 1.10. The summed E-state index contributed by atoms with van der Waals surface area (Å²) in [4.78, 5) is 28.4. The molecule has 1 amide bonds. The van der Waals surface area contributed by atoms with E-state index in [1.54, 1.807) is 14.1 Å². The molecular weight excluding hydrogens is 278 g/mol. The van der Waals surface area contributed by atoms with Gasteiger partial charge in [0.2, 0.25) is 5.91 Å². The van der Waals surface area contributed by atoms with E-state index >= 15 is 0 Å². The molecule has 1 rings (SSSR count). The molecule has 0 atom stereocenters. The second kappa shape index (κ2) is 6.55. The first-order valence-corrected chi connectivity index (χ1v) is 6.33. The van der Waals surface area contributed by atoms with Crippen molar-refractivity contribution in [3.8, 4) is 0 Å². The third-order valence-corrected chi connectivity index (χ3v) is 3.45. The van der Waals surface area contributed by atoms with Gasteiger partial charge in [-0.2, -0.15) is 0 Å². The summed E-state index contributed by atoms with van der Waals surface area (Å²) in [6.07, 6.45) is 0.345. The molecule has 0 unspecified atom stereocenters. The molecular formula is C10H14ClN3O3S. The van der Waals surface area contributed by atoms with Crippen molar-refractivity contribution in [2.45, 2.75) is 6.42 Å². The van der Waals surface area contributed by atoms with Crippen LogP contribution in [0.5, 0.6) is 0 Å². The molecule has 18 heavy (non-hydrogen) atoms. The number of hydrogen-bond donors (Lipinski definition) is 1. The lowest BCUT2D eigenvalue weighted by Gasteiger charge is -2.09. The summed E-state index contributed by atoms with van der Waals surface area (Å²) in [5.41, 5.74) is 0. The number of ether oxygens (including phenoxy) is 1. The quantitative estimate of drug-likeness (QED) is 0.832. The average Bonchev–Trinajstić information content (AvgIpc) is 2.69. The van der Waals surface area contributed by atoms with Crippen molar-refractivity contribution in [3.05, 3.63) is 10.0 Å². The van der Waals surface area contributed by atoms with Crippen LogP contribution in [0, 0.1) is 0 Å². The van der Waals surface area contributed by atoms with Crippen LogP contribution >= 0.6 is 22.9 Å². The van der Waals surface area contributed by atoms with Gasteiger partial charge >= 0.3 is 5.97 Å². The fourth-order valence-corrected chi connectivity index (χ4v) is 2.22. The van der Waals surface area contributed by atoms with Crippen LogP contribution in [0.4, 0.5) is 5.13 Å². The van der Waals surface area contributed by atoms with Crippen LogP contribution in [0.15, 0.2) is 0 Å². The molecule has 0 aliphatic heterocycles. The van der Waals surface area contributed by atoms with Gasteiger partial charge < -0.3 is 15.0 Å². The van der Waals surface area contributed by atoms with Crippen LogP contribution in [0.2, 0.25) is 5.15 Å². The number of amides is 1. The van der Waals surface area contributed by atoms with E-state index in [9.17, 15) is 9.59 Å². The Kier molecular flexibility index (Phi) is 5.36. The number of nitrogens with zero attached hydrogens (tertiary/aromatic N) is 2. The summed E-state index contributed by atoms with van der Waals surface area (Å²) in [7, 11) is 4.66. The maximum Gasteiger partial charge on any atom is 0.351 e. The van der Waals surface area contributed by atoms with Gasteiger partial charge in [0, 0.05) is 27.1 Å². The number of thiazole rings is 1. The molecule has 0 aliphatic carbocycles. The summed E-state index contributed by atoms with van der Waals surface area (Å²) in [6, 6.07) is 0. The molecule has 0 aromatic carbocycles. The fraction of sp³-hybridized carbons (Fsp3) is 0.500. The predicted molar refractivity (Wildman–Crippen MR) is 70.3 cm³/mol. The lowest BCUT2D eigenvalue weighted by molar-refractivity contribution is -0.128. The predicted octanol–water partition coefficient (Wildman–Crippen LogP) is 1.47. The van der Waals surface area contributed by atoms with Crippen molar-refractivity contribution in [2.75, 3.05) is 33.1 Å². The van der Waals surface area contributed by atoms with E-state index in [-0.39, 0.29) is 15.9 Å². The van der Waals surface area contributed by atoms with Gasteiger partial charge in [-0.3, -0.25) is 4.79 Å². The zero-order valence-corrected chi connectivity index (χ0v) is 11.9. The molecule has 0 saturated heterocycles. The van der Waals surface area contributed by atoms with Gasteiger partial charge in [-0.25, -0.2) is 9.78 Å². The van der Waals surface area contributed by atoms with Crippen molar-refractivity contribution in [2.24, 2.45) is 0 Å². The molecule has 1 heterocycles. The molecule has 0 spiro atoms. The third kappa shape index (κ3) is 3.85. The molecule has 100 valence electrons. The van der Waals surface area contributed by atoms with Crippen LogP contribution < -0.4 is 5.32 Å². The van der Waals surface area contributed by atoms with Gasteiger partial charge in [0.05, 0.1) is 7.11 Å². The van der Waals surface area contributed by atoms with Crippen LogP contribution in [-0.2, 0) is 9.53 Å². The number of carbonyl (C=O) groups is 2. The van der Waals surface area contributed by atoms with Gasteiger partial charge in [-0.1, -0.05) is 22.9 Å². The Morgan fingerprint density at radius 1 is 1.50 bits per heavy atom. The van der Waals surface area contributed by atoms with Crippen molar-refractivity contribution in [1.82, 2.24) is 9.88 Å². The Bertz CT molecular complexity index is 448. The van der Waals surface area contributed by atoms with Crippen LogP contribution in [-0.4, -0.2) is 49.5 Å². The Morgan fingerprint density at radius 2 is 2.17 bits per heavy atom. The zero-order chi connectivity index (χ0) is 13.7. The van der Waals surface area contributed by atoms with E-state index in [1.807, 2.05) is 0 Å². The topological polar surface area (TPSA) is 71.5 Å². The molecule has 0 aliphatic rings. The molecule has 8 heteroatoms. The standard InChI is InChI=1S/C10H14ClN3O3S/c1-14(2)6(15)4-5-12-10-13-8(11)7(18-10)9(16)17-3/h4-5H2,1-3H3,(H,12,13). The molecule has 1 aromatic heterocycles. The SMILES string of the molecule is COC(=O)c1sc(NCCC(=O)N(C)C)nc1Cl. The highest BCUT2D eigenvalue weighted by molar-refractivity contribution is 7.18. The second-order valence-corrected chi connectivity index (χ2v) is 4.95. The monoisotopic (exact) mass is 291 g/mol. The number of rotatable bonds is 5. The molecule has 6 nitrogen and oxygen atoms in total.